The summed E-state index contributed by atoms with van der Waals surface area (Å²) in [6, 6.07) is 0. The highest BCUT2D eigenvalue weighted by Crippen LogP contribution is 2.45. The Kier molecular flexibility index (Phi) is 73.1. The molecule has 17 nitrogen and oxygen atoms in total. The maximum Gasteiger partial charge on any atom is 0.472 e. The zero-order valence-corrected chi connectivity index (χ0v) is 66.8. The van der Waals surface area contributed by atoms with Crippen LogP contribution in [0.5, 0.6) is 0 Å². The van der Waals surface area contributed by atoms with Crippen molar-refractivity contribution in [3.8, 4) is 0 Å². The van der Waals surface area contributed by atoms with Crippen LogP contribution in [0, 0.1) is 0 Å². The maximum atomic E-state index is 13.1. The van der Waals surface area contributed by atoms with E-state index in [0.29, 0.717) is 25.7 Å². The van der Waals surface area contributed by atoms with Gasteiger partial charge in [-0.2, -0.15) is 0 Å². The van der Waals surface area contributed by atoms with Crippen LogP contribution in [0.2, 0.25) is 0 Å². The van der Waals surface area contributed by atoms with E-state index in [2.05, 4.69) is 101 Å². The number of phosphoric acid groups is 2. The first-order valence-electron chi connectivity index (χ1n) is 41.2. The second kappa shape index (κ2) is 75.7. The molecule has 0 saturated carbocycles. The first kappa shape index (κ1) is 98.5. The number of unbranched alkanes of at least 4 members (excludes halogenated alkanes) is 40. The van der Waals surface area contributed by atoms with Gasteiger partial charge in [0, 0.05) is 25.7 Å². The van der Waals surface area contributed by atoms with Gasteiger partial charge in [-0.25, -0.2) is 9.13 Å². The van der Waals surface area contributed by atoms with Crippen LogP contribution in [-0.4, -0.2) is 96.7 Å². The number of carbonyl (C=O) groups excluding carboxylic acids is 4. The van der Waals surface area contributed by atoms with Crippen molar-refractivity contribution in [2.75, 3.05) is 39.6 Å². The number of hydrogen-bond donors (Lipinski definition) is 3. The van der Waals surface area contributed by atoms with Crippen LogP contribution in [0.15, 0.2) is 72.9 Å². The SMILES string of the molecule is CC/C=C\C/C=C\C/C=C\C/C=C\C/C=C\CCCCCC(=O)O[C@H](COC(=O)CCCCCCCCCCCCCCCCC)COP(=O)(O)OC[C@H](O)COP(=O)(O)OC[C@@H](COC(=O)CCCCCCC/C=C\CCCCCC)OC(=O)CCCCCCCCCCCCCCCCC. The minimum atomic E-state index is -4.98. The van der Waals surface area contributed by atoms with E-state index >= 15 is 0 Å². The first-order chi connectivity index (χ1) is 49.7. The molecular formula is C83H150O17P2. The molecule has 0 saturated heterocycles. The predicted molar refractivity (Wildman–Crippen MR) is 418 cm³/mol. The topological polar surface area (TPSA) is 237 Å². The Morgan fingerprint density at radius 1 is 0.284 bits per heavy atom. The van der Waals surface area contributed by atoms with Crippen LogP contribution in [0.25, 0.3) is 0 Å². The molecule has 0 amide bonds. The molecule has 5 atom stereocenters. The van der Waals surface area contributed by atoms with Gasteiger partial charge in [-0.15, -0.1) is 0 Å². The van der Waals surface area contributed by atoms with E-state index in [1.807, 2.05) is 0 Å². The second-order valence-electron chi connectivity index (χ2n) is 27.7. The molecule has 0 aromatic heterocycles. The summed E-state index contributed by atoms with van der Waals surface area (Å²) in [6.07, 6.45) is 77.3. The Labute approximate surface area is 622 Å². The second-order valence-corrected chi connectivity index (χ2v) is 30.6. The third kappa shape index (κ3) is 74.8. The lowest BCUT2D eigenvalue weighted by Crippen LogP contribution is -2.30. The number of ether oxygens (including phenoxy) is 4. The number of phosphoric ester groups is 2. The normalized spacial score (nSPS) is 14.2. The van der Waals surface area contributed by atoms with E-state index < -0.39 is 97.5 Å². The number of carbonyl (C=O) groups is 4. The van der Waals surface area contributed by atoms with Crippen molar-refractivity contribution in [3.05, 3.63) is 72.9 Å². The van der Waals surface area contributed by atoms with Gasteiger partial charge in [0.25, 0.3) is 0 Å². The van der Waals surface area contributed by atoms with Crippen molar-refractivity contribution in [1.82, 2.24) is 0 Å². The standard InChI is InChI=1S/C83H150O17P2/c1-5-9-13-17-21-25-29-33-36-37-38-39-42-46-50-54-58-62-66-70-83(88)100-79(74-94-81(86)68-64-60-56-52-48-44-40-34-30-26-22-18-14-10-6-2)76-98-102(91,92)96-72-77(84)71-95-101(89,90)97-75-78(73-93-80(85)67-63-59-55-51-47-43-32-28-24-20-16-12-8-4)99-82(87)69-65-61-57-53-49-45-41-35-31-27-23-19-15-11-7-3/h9,13,21,25,28,32-33,36,38-39,46,50,77-79,84H,5-8,10-12,14-20,22-24,26-27,29-31,34-35,37,40-45,47-49,51-76H2,1-4H3,(H,89,90)(H,91,92)/b13-9-,25-21-,32-28-,36-33-,39-38-,50-46-/t77-,78-,79-/m1/s1. The molecule has 0 aliphatic rings. The van der Waals surface area contributed by atoms with Gasteiger partial charge in [0.05, 0.1) is 26.4 Å². The Balaban J connectivity index is 5.36. The van der Waals surface area contributed by atoms with Crippen LogP contribution in [0.1, 0.15) is 374 Å². The van der Waals surface area contributed by atoms with Crippen LogP contribution < -0.4 is 0 Å². The van der Waals surface area contributed by atoms with Gasteiger partial charge in [-0.3, -0.25) is 37.3 Å². The van der Waals surface area contributed by atoms with Gasteiger partial charge < -0.3 is 33.8 Å². The van der Waals surface area contributed by atoms with Gasteiger partial charge in [0.2, 0.25) is 0 Å². The summed E-state index contributed by atoms with van der Waals surface area (Å²) in [4.78, 5) is 73.1. The zero-order chi connectivity index (χ0) is 74.6. The summed E-state index contributed by atoms with van der Waals surface area (Å²) in [5, 5.41) is 10.6. The third-order valence-electron chi connectivity index (χ3n) is 17.7. The van der Waals surface area contributed by atoms with E-state index in [0.717, 1.165) is 135 Å². The Morgan fingerprint density at radius 2 is 0.510 bits per heavy atom. The molecule has 0 aromatic rings. The number of allylic oxidation sites excluding steroid dienone is 12. The average Bonchev–Trinajstić information content (AvgIpc) is 1.21. The number of hydrogen-bond acceptors (Lipinski definition) is 15. The van der Waals surface area contributed by atoms with Crippen molar-refractivity contribution in [2.24, 2.45) is 0 Å². The van der Waals surface area contributed by atoms with E-state index in [4.69, 9.17) is 37.0 Å². The maximum absolute atomic E-state index is 13.1. The fourth-order valence-electron chi connectivity index (χ4n) is 11.4. The minimum Gasteiger partial charge on any atom is -0.462 e. The highest BCUT2D eigenvalue weighted by atomic mass is 31.2. The summed E-state index contributed by atoms with van der Waals surface area (Å²) in [5.41, 5.74) is 0. The molecule has 0 radical (unpaired) electrons. The van der Waals surface area contributed by atoms with E-state index in [1.165, 1.54) is 161 Å². The molecule has 0 aliphatic heterocycles. The van der Waals surface area contributed by atoms with Crippen LogP contribution >= 0.6 is 15.6 Å². The summed E-state index contributed by atoms with van der Waals surface area (Å²) in [7, 11) is -9.95. The Hall–Kier alpha value is -3.50. The monoisotopic (exact) mass is 1480 g/mol. The number of aliphatic hydroxyl groups is 1. The van der Waals surface area contributed by atoms with Gasteiger partial charge in [-0.05, 0) is 96.3 Å². The lowest BCUT2D eigenvalue weighted by molar-refractivity contribution is -0.161. The molecule has 19 heteroatoms. The van der Waals surface area contributed by atoms with Crippen molar-refractivity contribution < 1.29 is 80.2 Å². The number of rotatable bonds is 78. The molecule has 0 aromatic carbocycles. The smallest absolute Gasteiger partial charge is 0.462 e. The Morgan fingerprint density at radius 3 is 0.814 bits per heavy atom. The van der Waals surface area contributed by atoms with Crippen molar-refractivity contribution in [2.45, 2.75) is 393 Å². The molecule has 594 valence electrons. The molecule has 0 aliphatic carbocycles. The van der Waals surface area contributed by atoms with Crippen LogP contribution in [0.4, 0.5) is 0 Å². The number of aliphatic hydroxyl groups excluding tert-OH is 1. The molecule has 102 heavy (non-hydrogen) atoms. The van der Waals surface area contributed by atoms with E-state index in [-0.39, 0.29) is 25.7 Å². The molecule has 3 N–H and O–H groups in total. The van der Waals surface area contributed by atoms with Gasteiger partial charge in [-0.1, -0.05) is 325 Å². The third-order valence-corrected chi connectivity index (χ3v) is 19.6. The predicted octanol–water partition coefficient (Wildman–Crippen LogP) is 24.0. The van der Waals surface area contributed by atoms with Crippen molar-refractivity contribution in [3.63, 3.8) is 0 Å². The molecule has 0 heterocycles. The van der Waals surface area contributed by atoms with Crippen molar-refractivity contribution >= 4 is 39.5 Å². The van der Waals surface area contributed by atoms with Crippen LogP contribution in [-0.2, 0) is 65.4 Å². The number of esters is 4. The molecule has 0 spiro atoms. The average molecular weight is 1480 g/mol. The summed E-state index contributed by atoms with van der Waals surface area (Å²) in [6.45, 7) is 4.78. The molecule has 2 unspecified atom stereocenters. The summed E-state index contributed by atoms with van der Waals surface area (Å²) < 4.78 is 68.7. The first-order valence-corrected chi connectivity index (χ1v) is 44.2. The van der Waals surface area contributed by atoms with Crippen LogP contribution in [0.3, 0.4) is 0 Å². The molecular weight excluding hydrogens is 1330 g/mol. The van der Waals surface area contributed by atoms with Gasteiger partial charge in [0.1, 0.15) is 19.3 Å². The molecule has 0 bridgehead atoms. The largest absolute Gasteiger partial charge is 0.472 e. The van der Waals surface area contributed by atoms with E-state index in [1.54, 1.807) is 0 Å². The van der Waals surface area contributed by atoms with Crippen molar-refractivity contribution in [1.29, 1.82) is 0 Å². The Bertz CT molecular complexity index is 2210. The summed E-state index contributed by atoms with van der Waals surface area (Å²) >= 11 is 0. The fraction of sp³-hybridized carbons (Fsp3) is 0.807. The van der Waals surface area contributed by atoms with Gasteiger partial charge in [0.15, 0.2) is 12.2 Å². The zero-order valence-electron chi connectivity index (χ0n) is 65.0. The molecule has 0 fully saturated rings. The molecule has 0 rings (SSSR count). The lowest BCUT2D eigenvalue weighted by atomic mass is 10.0. The highest BCUT2D eigenvalue weighted by Gasteiger charge is 2.30. The van der Waals surface area contributed by atoms with E-state index in [9.17, 15) is 43.2 Å². The lowest BCUT2D eigenvalue weighted by Gasteiger charge is -2.21. The fourth-order valence-corrected chi connectivity index (χ4v) is 13.0. The quantitative estimate of drug-likeness (QED) is 0.0169. The summed E-state index contributed by atoms with van der Waals surface area (Å²) in [5.74, 6) is -2.18. The highest BCUT2D eigenvalue weighted by molar-refractivity contribution is 7.47. The van der Waals surface area contributed by atoms with Gasteiger partial charge >= 0.3 is 39.5 Å². The minimum absolute atomic E-state index is 0.0597.